The lowest BCUT2D eigenvalue weighted by Crippen LogP contribution is -2.36. The molecule has 3 rings (SSSR count). The van der Waals surface area contributed by atoms with Crippen molar-refractivity contribution in [3.63, 3.8) is 0 Å². The number of benzene rings is 2. The number of aromatic hydroxyl groups is 1. The number of carbonyl (C=O) groups excluding carboxylic acids is 1. The lowest BCUT2D eigenvalue weighted by atomic mass is 9.99. The maximum atomic E-state index is 13.8. The first kappa shape index (κ1) is 17.2. The van der Waals surface area contributed by atoms with Gasteiger partial charge in [0.2, 0.25) is 5.91 Å². The molecule has 130 valence electrons. The van der Waals surface area contributed by atoms with E-state index >= 15 is 0 Å². The number of halogens is 1. The van der Waals surface area contributed by atoms with Crippen LogP contribution in [0.15, 0.2) is 48.5 Å². The number of hydrogen-bond donors (Lipinski definition) is 2. The van der Waals surface area contributed by atoms with Crippen molar-refractivity contribution in [2.45, 2.75) is 13.3 Å². The fourth-order valence-electron chi connectivity index (χ4n) is 2.91. The van der Waals surface area contributed by atoms with E-state index in [1.54, 1.807) is 31.2 Å². The molecule has 0 unspecified atom stereocenters. The van der Waals surface area contributed by atoms with E-state index < -0.39 is 5.82 Å². The minimum absolute atomic E-state index is 0.216. The Hall–Kier alpha value is -2.66. The number of rotatable bonds is 4. The molecule has 0 saturated carbocycles. The average molecular weight is 340 g/mol. The number of hydrogen-bond acceptors (Lipinski definition) is 3. The first-order valence-corrected chi connectivity index (χ1v) is 8.28. The van der Waals surface area contributed by atoms with Crippen molar-refractivity contribution >= 4 is 17.2 Å². The summed E-state index contributed by atoms with van der Waals surface area (Å²) in [6.45, 7) is 3.46. The lowest BCUT2D eigenvalue weighted by Gasteiger charge is -2.26. The van der Waals surface area contributed by atoms with E-state index in [1.807, 2.05) is 17.0 Å². The van der Waals surface area contributed by atoms with Gasteiger partial charge in [-0.25, -0.2) is 4.39 Å². The molecule has 0 fully saturated rings. The van der Waals surface area contributed by atoms with Gasteiger partial charge in [-0.3, -0.25) is 9.69 Å². The second kappa shape index (κ2) is 7.49. The highest BCUT2D eigenvalue weighted by atomic mass is 19.1. The molecule has 4 nitrogen and oxygen atoms in total. The van der Waals surface area contributed by atoms with Gasteiger partial charge in [0.1, 0.15) is 11.6 Å². The minimum Gasteiger partial charge on any atom is -0.508 e. The summed E-state index contributed by atoms with van der Waals surface area (Å²) in [6.07, 6.45) is 2.92. The molecule has 5 heteroatoms. The molecule has 0 bridgehead atoms. The van der Waals surface area contributed by atoms with Crippen LogP contribution in [0.25, 0.3) is 5.57 Å². The van der Waals surface area contributed by atoms with Crippen molar-refractivity contribution in [2.24, 2.45) is 0 Å². The second-order valence-electron chi connectivity index (χ2n) is 6.29. The summed E-state index contributed by atoms with van der Waals surface area (Å²) >= 11 is 0. The summed E-state index contributed by atoms with van der Waals surface area (Å²) in [5.74, 6) is -0.382. The number of amides is 1. The van der Waals surface area contributed by atoms with Gasteiger partial charge in [-0.05, 0) is 54.3 Å². The van der Waals surface area contributed by atoms with Crippen LogP contribution in [0.1, 0.15) is 17.5 Å². The monoisotopic (exact) mass is 340 g/mol. The normalized spacial score (nSPS) is 14.9. The second-order valence-corrected chi connectivity index (χ2v) is 6.29. The van der Waals surface area contributed by atoms with Gasteiger partial charge in [-0.15, -0.1) is 0 Å². The Balaban J connectivity index is 1.56. The van der Waals surface area contributed by atoms with E-state index in [2.05, 4.69) is 11.4 Å². The maximum absolute atomic E-state index is 13.8. The summed E-state index contributed by atoms with van der Waals surface area (Å²) in [5, 5.41) is 12.0. The quantitative estimate of drug-likeness (QED) is 0.895. The smallest absolute Gasteiger partial charge is 0.238 e. The third kappa shape index (κ3) is 4.45. The molecule has 1 aliphatic rings. The van der Waals surface area contributed by atoms with Crippen molar-refractivity contribution in [1.29, 1.82) is 0 Å². The highest BCUT2D eigenvalue weighted by Gasteiger charge is 2.16. The molecule has 0 aliphatic carbocycles. The number of nitrogens with zero attached hydrogens (tertiary/aromatic N) is 1. The van der Waals surface area contributed by atoms with Gasteiger partial charge >= 0.3 is 0 Å². The van der Waals surface area contributed by atoms with Gasteiger partial charge < -0.3 is 10.4 Å². The van der Waals surface area contributed by atoms with Crippen LogP contribution in [0, 0.1) is 12.7 Å². The van der Waals surface area contributed by atoms with Crippen LogP contribution in [-0.4, -0.2) is 35.5 Å². The standard InChI is InChI=1S/C20H21FN2O2/c1-14-2-7-19(18(21)12-14)22-20(25)13-23-10-8-16(9-11-23)15-3-5-17(24)6-4-15/h2-8,12,24H,9-11,13H2,1H3,(H,22,25). The lowest BCUT2D eigenvalue weighted by molar-refractivity contribution is -0.117. The summed E-state index contributed by atoms with van der Waals surface area (Å²) in [4.78, 5) is 14.2. The Labute approximate surface area is 146 Å². The Bertz CT molecular complexity index is 800. The Morgan fingerprint density at radius 1 is 1.24 bits per heavy atom. The molecule has 0 atom stereocenters. The highest BCUT2D eigenvalue weighted by molar-refractivity contribution is 5.92. The van der Waals surface area contributed by atoms with E-state index in [-0.39, 0.29) is 23.9 Å². The third-order valence-electron chi connectivity index (χ3n) is 4.30. The van der Waals surface area contributed by atoms with Crippen molar-refractivity contribution in [3.05, 3.63) is 65.5 Å². The van der Waals surface area contributed by atoms with Crippen LogP contribution in [0.2, 0.25) is 0 Å². The first-order valence-electron chi connectivity index (χ1n) is 8.28. The summed E-state index contributed by atoms with van der Waals surface area (Å²) < 4.78 is 13.8. The molecule has 2 aromatic rings. The minimum atomic E-state index is -0.415. The Kier molecular flexibility index (Phi) is 5.14. The predicted molar refractivity (Wildman–Crippen MR) is 96.9 cm³/mol. The third-order valence-corrected chi connectivity index (χ3v) is 4.30. The number of phenolic OH excluding ortho intramolecular Hbond substituents is 1. The molecular formula is C20H21FN2O2. The number of aryl methyl sites for hydroxylation is 1. The van der Waals surface area contributed by atoms with E-state index in [9.17, 15) is 14.3 Å². The Morgan fingerprint density at radius 2 is 2.00 bits per heavy atom. The molecule has 0 saturated heterocycles. The van der Waals surface area contributed by atoms with Gasteiger partial charge in [-0.2, -0.15) is 0 Å². The summed E-state index contributed by atoms with van der Waals surface area (Å²) in [5.41, 5.74) is 3.33. The SMILES string of the molecule is Cc1ccc(NC(=O)CN2CC=C(c3ccc(O)cc3)CC2)c(F)c1. The molecule has 0 aromatic heterocycles. The summed E-state index contributed by atoms with van der Waals surface area (Å²) in [7, 11) is 0. The van der Waals surface area contributed by atoms with E-state index in [4.69, 9.17) is 0 Å². The van der Waals surface area contributed by atoms with E-state index in [0.29, 0.717) is 6.54 Å². The zero-order chi connectivity index (χ0) is 17.8. The molecule has 0 radical (unpaired) electrons. The highest BCUT2D eigenvalue weighted by Crippen LogP contribution is 2.24. The molecule has 0 spiro atoms. The van der Waals surface area contributed by atoms with Crippen molar-refractivity contribution in [1.82, 2.24) is 4.90 Å². The van der Waals surface area contributed by atoms with Crippen molar-refractivity contribution < 1.29 is 14.3 Å². The number of carbonyl (C=O) groups is 1. The molecule has 2 N–H and O–H groups in total. The zero-order valence-corrected chi connectivity index (χ0v) is 14.1. The summed E-state index contributed by atoms with van der Waals surface area (Å²) in [6, 6.07) is 11.9. The van der Waals surface area contributed by atoms with Crippen molar-refractivity contribution in [2.75, 3.05) is 25.0 Å². The van der Waals surface area contributed by atoms with Crippen molar-refractivity contribution in [3.8, 4) is 5.75 Å². The van der Waals surface area contributed by atoms with Crippen LogP contribution in [0.3, 0.4) is 0 Å². The van der Waals surface area contributed by atoms with Gasteiger partial charge in [0.15, 0.2) is 0 Å². The fourth-order valence-corrected chi connectivity index (χ4v) is 2.91. The topological polar surface area (TPSA) is 52.6 Å². The van der Waals surface area contributed by atoms with Crippen LogP contribution < -0.4 is 5.32 Å². The maximum Gasteiger partial charge on any atom is 0.238 e. The predicted octanol–water partition coefficient (Wildman–Crippen LogP) is 3.57. The largest absolute Gasteiger partial charge is 0.508 e. The van der Waals surface area contributed by atoms with Gasteiger partial charge in [0.05, 0.1) is 12.2 Å². The molecule has 1 aliphatic heterocycles. The molecule has 1 amide bonds. The average Bonchev–Trinajstić information content (AvgIpc) is 2.59. The number of nitrogens with one attached hydrogen (secondary N) is 1. The van der Waals surface area contributed by atoms with Crippen LogP contribution in [0.5, 0.6) is 5.75 Å². The Morgan fingerprint density at radius 3 is 2.64 bits per heavy atom. The number of phenols is 1. The molecule has 1 heterocycles. The van der Waals surface area contributed by atoms with E-state index in [0.717, 1.165) is 24.1 Å². The van der Waals surface area contributed by atoms with Crippen LogP contribution >= 0.6 is 0 Å². The molecule has 2 aromatic carbocycles. The van der Waals surface area contributed by atoms with Crippen LogP contribution in [0.4, 0.5) is 10.1 Å². The molecule has 25 heavy (non-hydrogen) atoms. The number of anilines is 1. The first-order chi connectivity index (χ1) is 12.0. The van der Waals surface area contributed by atoms with E-state index in [1.165, 1.54) is 11.6 Å². The van der Waals surface area contributed by atoms with Crippen LogP contribution in [-0.2, 0) is 4.79 Å². The van der Waals surface area contributed by atoms with Gasteiger partial charge in [0.25, 0.3) is 0 Å². The van der Waals surface area contributed by atoms with Gasteiger partial charge in [0, 0.05) is 13.1 Å². The molecular weight excluding hydrogens is 319 g/mol. The zero-order valence-electron chi connectivity index (χ0n) is 14.1. The fraction of sp³-hybridized carbons (Fsp3) is 0.250. The van der Waals surface area contributed by atoms with Gasteiger partial charge in [-0.1, -0.05) is 24.3 Å².